The Labute approximate surface area is 122 Å². The van der Waals surface area contributed by atoms with Gasteiger partial charge in [0.1, 0.15) is 0 Å². The Morgan fingerprint density at radius 2 is 2.00 bits per heavy atom. The minimum Gasteiger partial charge on any atom is -0.341 e. The van der Waals surface area contributed by atoms with Crippen molar-refractivity contribution in [2.75, 3.05) is 11.4 Å². The van der Waals surface area contributed by atoms with Crippen LogP contribution in [0.15, 0.2) is 46.9 Å². The summed E-state index contributed by atoms with van der Waals surface area (Å²) in [5, 5.41) is 0. The maximum absolute atomic E-state index is 5.71. The number of fused-ring (bicyclic) bond motifs is 1. The summed E-state index contributed by atoms with van der Waals surface area (Å²) in [5.74, 6) is 0. The van der Waals surface area contributed by atoms with Crippen molar-refractivity contribution in [3.63, 3.8) is 0 Å². The monoisotopic (exact) mass is 316 g/mol. The van der Waals surface area contributed by atoms with E-state index in [2.05, 4.69) is 63.3 Å². The number of para-hydroxylation sites is 1. The van der Waals surface area contributed by atoms with Crippen molar-refractivity contribution >= 4 is 27.3 Å². The summed E-state index contributed by atoms with van der Waals surface area (Å²) in [5.41, 5.74) is 10.9. The van der Waals surface area contributed by atoms with Gasteiger partial charge in [-0.2, -0.15) is 0 Å². The fourth-order valence-electron chi connectivity index (χ4n) is 2.67. The van der Waals surface area contributed by atoms with Gasteiger partial charge < -0.3 is 10.6 Å². The Morgan fingerprint density at radius 3 is 2.79 bits per heavy atom. The van der Waals surface area contributed by atoms with Crippen LogP contribution in [0.4, 0.5) is 11.4 Å². The lowest BCUT2D eigenvalue weighted by molar-refractivity contribution is 0.766. The summed E-state index contributed by atoms with van der Waals surface area (Å²) in [6.45, 7) is 1.64. The summed E-state index contributed by atoms with van der Waals surface area (Å²) in [6.07, 6.45) is 2.38. The first-order valence-electron chi connectivity index (χ1n) is 6.63. The second kappa shape index (κ2) is 5.35. The standard InChI is InChI=1S/C16H17BrN2/c17-15-10-14(8-7-13(15)11-18)19-9-3-5-12-4-1-2-6-16(12)19/h1-2,4,6-8,10H,3,5,9,11,18H2. The van der Waals surface area contributed by atoms with Crippen LogP contribution in [0.2, 0.25) is 0 Å². The molecule has 0 spiro atoms. The molecule has 0 unspecified atom stereocenters. The number of aryl methyl sites for hydroxylation is 1. The molecule has 2 nitrogen and oxygen atoms in total. The minimum absolute atomic E-state index is 0.567. The third kappa shape index (κ3) is 2.40. The van der Waals surface area contributed by atoms with E-state index in [0.717, 1.165) is 16.6 Å². The van der Waals surface area contributed by atoms with Gasteiger partial charge in [0.15, 0.2) is 0 Å². The lowest BCUT2D eigenvalue weighted by atomic mass is 10.0. The van der Waals surface area contributed by atoms with E-state index in [9.17, 15) is 0 Å². The third-order valence-electron chi connectivity index (χ3n) is 3.68. The van der Waals surface area contributed by atoms with Crippen LogP contribution < -0.4 is 10.6 Å². The zero-order chi connectivity index (χ0) is 13.2. The number of rotatable bonds is 2. The molecule has 0 bridgehead atoms. The molecule has 1 aliphatic rings. The number of hydrogen-bond donors (Lipinski definition) is 1. The number of halogens is 1. The van der Waals surface area contributed by atoms with Crippen molar-refractivity contribution in [1.82, 2.24) is 0 Å². The first-order chi connectivity index (χ1) is 9.29. The lowest BCUT2D eigenvalue weighted by Crippen LogP contribution is -2.24. The van der Waals surface area contributed by atoms with Crippen LogP contribution in [0.1, 0.15) is 17.5 Å². The van der Waals surface area contributed by atoms with E-state index >= 15 is 0 Å². The second-order valence-corrected chi connectivity index (χ2v) is 5.72. The van der Waals surface area contributed by atoms with Gasteiger partial charge in [0.2, 0.25) is 0 Å². The summed E-state index contributed by atoms with van der Waals surface area (Å²) >= 11 is 3.61. The number of nitrogens with two attached hydrogens (primary N) is 1. The van der Waals surface area contributed by atoms with Crippen LogP contribution in [-0.2, 0) is 13.0 Å². The Bertz CT molecular complexity index is 595. The molecule has 2 aromatic rings. The quantitative estimate of drug-likeness (QED) is 0.907. The van der Waals surface area contributed by atoms with E-state index in [-0.39, 0.29) is 0 Å². The van der Waals surface area contributed by atoms with Crippen LogP contribution in [0.3, 0.4) is 0 Å². The molecular formula is C16H17BrN2. The van der Waals surface area contributed by atoms with Crippen LogP contribution in [0, 0.1) is 0 Å². The van der Waals surface area contributed by atoms with Gasteiger partial charge in [-0.25, -0.2) is 0 Å². The van der Waals surface area contributed by atoms with Gasteiger partial charge >= 0.3 is 0 Å². The summed E-state index contributed by atoms with van der Waals surface area (Å²) in [6, 6.07) is 15.1. The summed E-state index contributed by atoms with van der Waals surface area (Å²) in [4.78, 5) is 2.39. The highest BCUT2D eigenvalue weighted by molar-refractivity contribution is 9.10. The average molecular weight is 317 g/mol. The van der Waals surface area contributed by atoms with E-state index in [1.54, 1.807) is 0 Å². The normalized spacial score (nSPS) is 14.3. The van der Waals surface area contributed by atoms with Gasteiger partial charge in [0.25, 0.3) is 0 Å². The molecule has 0 aromatic heterocycles. The molecule has 2 N–H and O–H groups in total. The minimum atomic E-state index is 0.567. The summed E-state index contributed by atoms with van der Waals surface area (Å²) in [7, 11) is 0. The van der Waals surface area contributed by atoms with Gasteiger partial charge in [-0.05, 0) is 42.2 Å². The third-order valence-corrected chi connectivity index (χ3v) is 4.42. The van der Waals surface area contributed by atoms with Crippen LogP contribution in [0.5, 0.6) is 0 Å². The van der Waals surface area contributed by atoms with Gasteiger partial charge in [-0.3, -0.25) is 0 Å². The highest BCUT2D eigenvalue weighted by Gasteiger charge is 2.18. The Morgan fingerprint density at radius 1 is 1.16 bits per heavy atom. The second-order valence-electron chi connectivity index (χ2n) is 4.86. The smallest absolute Gasteiger partial charge is 0.0443 e. The Kier molecular flexibility index (Phi) is 3.58. The van der Waals surface area contributed by atoms with Crippen LogP contribution in [-0.4, -0.2) is 6.54 Å². The predicted molar refractivity (Wildman–Crippen MR) is 83.8 cm³/mol. The fourth-order valence-corrected chi connectivity index (χ4v) is 3.20. The van der Waals surface area contributed by atoms with Gasteiger partial charge in [0.05, 0.1) is 0 Å². The molecule has 0 radical (unpaired) electrons. The highest BCUT2D eigenvalue weighted by atomic mass is 79.9. The Balaban J connectivity index is 2.02. The molecule has 0 aliphatic carbocycles. The van der Waals surface area contributed by atoms with E-state index in [0.29, 0.717) is 6.54 Å². The zero-order valence-corrected chi connectivity index (χ0v) is 12.4. The van der Waals surface area contributed by atoms with E-state index in [1.807, 2.05) is 0 Å². The number of benzene rings is 2. The van der Waals surface area contributed by atoms with Crippen molar-refractivity contribution in [1.29, 1.82) is 0 Å². The molecule has 3 heteroatoms. The molecule has 1 aliphatic heterocycles. The topological polar surface area (TPSA) is 29.3 Å². The lowest BCUT2D eigenvalue weighted by Gasteiger charge is -2.31. The van der Waals surface area contributed by atoms with Crippen LogP contribution in [0.25, 0.3) is 0 Å². The molecular weight excluding hydrogens is 300 g/mol. The SMILES string of the molecule is NCc1ccc(N2CCCc3ccccc32)cc1Br. The maximum Gasteiger partial charge on any atom is 0.0443 e. The first-order valence-corrected chi connectivity index (χ1v) is 7.43. The van der Waals surface area contributed by atoms with Crippen molar-refractivity contribution in [2.24, 2.45) is 5.73 Å². The molecule has 0 amide bonds. The van der Waals surface area contributed by atoms with Crippen molar-refractivity contribution in [3.05, 3.63) is 58.1 Å². The summed E-state index contributed by atoms with van der Waals surface area (Å²) < 4.78 is 1.09. The zero-order valence-electron chi connectivity index (χ0n) is 10.8. The molecule has 3 rings (SSSR count). The number of nitrogens with zero attached hydrogens (tertiary/aromatic N) is 1. The number of hydrogen-bond acceptors (Lipinski definition) is 2. The van der Waals surface area contributed by atoms with E-state index < -0.39 is 0 Å². The van der Waals surface area contributed by atoms with Crippen molar-refractivity contribution in [2.45, 2.75) is 19.4 Å². The molecule has 1 heterocycles. The van der Waals surface area contributed by atoms with Crippen molar-refractivity contribution in [3.8, 4) is 0 Å². The number of anilines is 2. The van der Waals surface area contributed by atoms with Crippen LogP contribution >= 0.6 is 15.9 Å². The molecule has 0 fully saturated rings. The molecule has 0 saturated heterocycles. The predicted octanol–water partition coefficient (Wildman–Crippen LogP) is 3.99. The van der Waals surface area contributed by atoms with Gasteiger partial charge in [-0.15, -0.1) is 0 Å². The molecule has 0 atom stereocenters. The first kappa shape index (κ1) is 12.7. The van der Waals surface area contributed by atoms with E-state index in [4.69, 9.17) is 5.73 Å². The molecule has 98 valence electrons. The fraction of sp³-hybridized carbons (Fsp3) is 0.250. The molecule has 0 saturated carbocycles. The maximum atomic E-state index is 5.71. The highest BCUT2D eigenvalue weighted by Crippen LogP contribution is 2.35. The van der Waals surface area contributed by atoms with Gasteiger partial charge in [0, 0.05) is 28.9 Å². The molecule has 2 aromatic carbocycles. The van der Waals surface area contributed by atoms with Gasteiger partial charge in [-0.1, -0.05) is 40.2 Å². The Hall–Kier alpha value is -1.32. The van der Waals surface area contributed by atoms with E-state index in [1.165, 1.54) is 29.8 Å². The molecule has 19 heavy (non-hydrogen) atoms. The van der Waals surface area contributed by atoms with Crippen molar-refractivity contribution < 1.29 is 0 Å². The average Bonchev–Trinajstić information content (AvgIpc) is 2.46. The largest absolute Gasteiger partial charge is 0.341 e.